The monoisotopic (exact) mass is 551 g/mol. The SMILES string of the molecule is O=C(NCCOc1ccc(C(=O)NC[C@H](NC(=O)OCc2ccccc2)C(=O)O)c(O)c1)NCc1cccnc1. The molecule has 6 N–H and O–H groups in total. The van der Waals surface area contributed by atoms with Crippen LogP contribution in [0.3, 0.4) is 0 Å². The van der Waals surface area contributed by atoms with Crippen molar-refractivity contribution in [3.8, 4) is 11.5 Å². The van der Waals surface area contributed by atoms with E-state index in [1.807, 2.05) is 6.07 Å². The number of aromatic nitrogens is 1. The predicted octanol–water partition coefficient (Wildman–Crippen LogP) is 1.77. The third kappa shape index (κ3) is 9.85. The average molecular weight is 552 g/mol. The van der Waals surface area contributed by atoms with Crippen LogP contribution in [-0.2, 0) is 22.7 Å². The maximum atomic E-state index is 12.5. The number of hydrogen-bond acceptors (Lipinski definition) is 8. The molecule has 3 rings (SSSR count). The predicted molar refractivity (Wildman–Crippen MR) is 142 cm³/mol. The number of pyridine rings is 1. The van der Waals surface area contributed by atoms with Crippen molar-refractivity contribution in [2.75, 3.05) is 19.7 Å². The largest absolute Gasteiger partial charge is 0.507 e. The van der Waals surface area contributed by atoms with Crippen LogP contribution in [0.4, 0.5) is 9.59 Å². The Kier molecular flexibility index (Phi) is 11.1. The number of aromatic hydroxyl groups is 1. The molecule has 13 nitrogen and oxygen atoms in total. The van der Waals surface area contributed by atoms with Crippen molar-refractivity contribution in [1.29, 1.82) is 0 Å². The Morgan fingerprint density at radius 3 is 2.40 bits per heavy atom. The average Bonchev–Trinajstić information content (AvgIpc) is 2.96. The molecule has 0 aliphatic heterocycles. The third-order valence-corrected chi connectivity index (χ3v) is 5.32. The second-order valence-electron chi connectivity index (χ2n) is 8.31. The lowest BCUT2D eigenvalue weighted by Gasteiger charge is -2.16. The minimum Gasteiger partial charge on any atom is -0.507 e. The van der Waals surface area contributed by atoms with Crippen LogP contribution in [0.5, 0.6) is 11.5 Å². The molecule has 0 unspecified atom stereocenters. The summed E-state index contributed by atoms with van der Waals surface area (Å²) in [6, 6.07) is 14.5. The fourth-order valence-electron chi connectivity index (χ4n) is 3.27. The van der Waals surface area contributed by atoms with Crippen molar-refractivity contribution in [2.45, 2.75) is 19.2 Å². The minimum absolute atomic E-state index is 0.0525. The van der Waals surface area contributed by atoms with Gasteiger partial charge in [0.25, 0.3) is 5.91 Å². The first-order valence-corrected chi connectivity index (χ1v) is 12.2. The lowest BCUT2D eigenvalue weighted by molar-refractivity contribution is -0.139. The van der Waals surface area contributed by atoms with Gasteiger partial charge in [-0.3, -0.25) is 9.78 Å². The Bertz CT molecular complexity index is 1290. The molecule has 0 aliphatic rings. The van der Waals surface area contributed by atoms with E-state index in [0.29, 0.717) is 6.54 Å². The van der Waals surface area contributed by atoms with Crippen LogP contribution < -0.4 is 26.0 Å². The highest BCUT2D eigenvalue weighted by Crippen LogP contribution is 2.23. The lowest BCUT2D eigenvalue weighted by Crippen LogP contribution is -2.48. The molecule has 210 valence electrons. The smallest absolute Gasteiger partial charge is 0.408 e. The first-order chi connectivity index (χ1) is 19.3. The normalized spacial score (nSPS) is 11.0. The van der Waals surface area contributed by atoms with Gasteiger partial charge in [-0.1, -0.05) is 36.4 Å². The number of carboxylic acids is 1. The third-order valence-electron chi connectivity index (χ3n) is 5.32. The summed E-state index contributed by atoms with van der Waals surface area (Å²) in [5.41, 5.74) is 1.44. The molecule has 0 spiro atoms. The van der Waals surface area contributed by atoms with Gasteiger partial charge in [-0.15, -0.1) is 0 Å². The van der Waals surface area contributed by atoms with Crippen LogP contribution in [-0.4, -0.2) is 64.9 Å². The van der Waals surface area contributed by atoms with Crippen molar-refractivity contribution in [3.63, 3.8) is 0 Å². The van der Waals surface area contributed by atoms with E-state index in [2.05, 4.69) is 26.3 Å². The van der Waals surface area contributed by atoms with E-state index in [0.717, 1.165) is 11.1 Å². The summed E-state index contributed by atoms with van der Waals surface area (Å²) >= 11 is 0. The fraction of sp³-hybridized carbons (Fsp3) is 0.222. The number of carboxylic acid groups (broad SMARTS) is 1. The number of phenols is 1. The van der Waals surface area contributed by atoms with Crippen LogP contribution in [0.1, 0.15) is 21.5 Å². The number of carbonyl (C=O) groups excluding carboxylic acids is 3. The Hall–Kier alpha value is -5.33. The van der Waals surface area contributed by atoms with E-state index < -0.39 is 36.3 Å². The molecule has 0 fully saturated rings. The Labute approximate surface area is 229 Å². The Morgan fingerprint density at radius 2 is 1.70 bits per heavy atom. The quantitative estimate of drug-likeness (QED) is 0.172. The zero-order valence-corrected chi connectivity index (χ0v) is 21.3. The molecule has 3 aromatic rings. The molecule has 1 atom stereocenters. The number of nitrogens with zero attached hydrogens (tertiary/aromatic N) is 1. The summed E-state index contributed by atoms with van der Waals surface area (Å²) in [7, 11) is 0. The van der Waals surface area contributed by atoms with Gasteiger partial charge < -0.3 is 41.0 Å². The van der Waals surface area contributed by atoms with Gasteiger partial charge in [0.2, 0.25) is 0 Å². The first kappa shape index (κ1) is 29.2. The summed E-state index contributed by atoms with van der Waals surface area (Å²) in [6.07, 6.45) is 2.32. The van der Waals surface area contributed by atoms with E-state index in [-0.39, 0.29) is 37.1 Å². The van der Waals surface area contributed by atoms with E-state index in [9.17, 15) is 29.4 Å². The molecule has 1 aromatic heterocycles. The van der Waals surface area contributed by atoms with Crippen molar-refractivity contribution in [1.82, 2.24) is 26.3 Å². The number of alkyl carbamates (subject to hydrolysis) is 1. The van der Waals surface area contributed by atoms with Gasteiger partial charge >= 0.3 is 18.1 Å². The molecule has 0 saturated heterocycles. The van der Waals surface area contributed by atoms with Gasteiger partial charge in [0.1, 0.15) is 30.8 Å². The second kappa shape index (κ2) is 15.2. The maximum Gasteiger partial charge on any atom is 0.408 e. The molecule has 40 heavy (non-hydrogen) atoms. The van der Waals surface area contributed by atoms with Crippen molar-refractivity contribution < 1.29 is 38.9 Å². The number of rotatable bonds is 13. The van der Waals surface area contributed by atoms with E-state index in [1.54, 1.807) is 48.8 Å². The van der Waals surface area contributed by atoms with Crippen LogP contribution in [0.2, 0.25) is 0 Å². The number of phenolic OH excluding ortho intramolecular Hbond substituents is 1. The summed E-state index contributed by atoms with van der Waals surface area (Å²) in [5.74, 6) is -2.30. The van der Waals surface area contributed by atoms with Gasteiger partial charge in [0, 0.05) is 31.5 Å². The standard InChI is InChI=1S/C27H29N5O8/c33-23-13-20(39-12-11-29-26(37)31-15-19-7-4-10-28-14-19)8-9-21(23)24(34)30-16-22(25(35)36)32-27(38)40-17-18-5-2-1-3-6-18/h1-10,13-14,22,33H,11-12,15-17H2,(H,30,34)(H,32,38)(H,35,36)(H2,29,31,37)/t22-/m0/s1. The lowest BCUT2D eigenvalue weighted by atomic mass is 10.1. The number of urea groups is 1. The minimum atomic E-state index is -1.47. The number of amides is 4. The molecule has 1 heterocycles. The number of nitrogens with one attached hydrogen (secondary N) is 4. The van der Waals surface area contributed by atoms with E-state index in [1.165, 1.54) is 18.2 Å². The molecular formula is C27H29N5O8. The molecule has 4 amide bonds. The van der Waals surface area contributed by atoms with Gasteiger partial charge in [-0.25, -0.2) is 14.4 Å². The molecule has 2 aromatic carbocycles. The number of ether oxygens (including phenoxy) is 2. The Balaban J connectivity index is 1.39. The van der Waals surface area contributed by atoms with Gasteiger partial charge in [0.15, 0.2) is 0 Å². The Morgan fingerprint density at radius 1 is 0.925 bits per heavy atom. The van der Waals surface area contributed by atoms with Gasteiger partial charge in [-0.05, 0) is 29.3 Å². The molecule has 0 aliphatic carbocycles. The van der Waals surface area contributed by atoms with Crippen LogP contribution >= 0.6 is 0 Å². The van der Waals surface area contributed by atoms with Crippen LogP contribution in [0.25, 0.3) is 0 Å². The summed E-state index contributed by atoms with van der Waals surface area (Å²) in [6.45, 7) is 0.0837. The van der Waals surface area contributed by atoms with Gasteiger partial charge in [-0.2, -0.15) is 0 Å². The number of hydrogen-bond donors (Lipinski definition) is 6. The van der Waals surface area contributed by atoms with Gasteiger partial charge in [0.05, 0.1) is 12.1 Å². The van der Waals surface area contributed by atoms with E-state index >= 15 is 0 Å². The number of carbonyl (C=O) groups is 4. The molecular weight excluding hydrogens is 522 g/mol. The number of aliphatic carboxylic acids is 1. The maximum absolute atomic E-state index is 12.5. The highest BCUT2D eigenvalue weighted by Gasteiger charge is 2.22. The molecule has 13 heteroatoms. The van der Waals surface area contributed by atoms with Crippen LogP contribution in [0, 0.1) is 0 Å². The van der Waals surface area contributed by atoms with Crippen LogP contribution in [0.15, 0.2) is 73.1 Å². The van der Waals surface area contributed by atoms with Crippen molar-refractivity contribution in [3.05, 3.63) is 89.7 Å². The summed E-state index contributed by atoms with van der Waals surface area (Å²) in [5, 5.41) is 29.5. The highest BCUT2D eigenvalue weighted by molar-refractivity contribution is 5.97. The molecule has 0 bridgehead atoms. The van der Waals surface area contributed by atoms with Crippen molar-refractivity contribution >= 4 is 24.0 Å². The topological polar surface area (TPSA) is 188 Å². The second-order valence-corrected chi connectivity index (χ2v) is 8.31. The number of benzene rings is 2. The molecule has 0 saturated carbocycles. The fourth-order valence-corrected chi connectivity index (χ4v) is 3.27. The molecule has 0 radical (unpaired) electrons. The zero-order valence-electron chi connectivity index (χ0n) is 21.3. The zero-order chi connectivity index (χ0) is 28.7. The van der Waals surface area contributed by atoms with Crippen molar-refractivity contribution in [2.24, 2.45) is 0 Å². The highest BCUT2D eigenvalue weighted by atomic mass is 16.5. The summed E-state index contributed by atoms with van der Waals surface area (Å²) in [4.78, 5) is 51.8. The summed E-state index contributed by atoms with van der Waals surface area (Å²) < 4.78 is 10.5. The van der Waals surface area contributed by atoms with E-state index in [4.69, 9.17) is 9.47 Å². The first-order valence-electron chi connectivity index (χ1n) is 12.2.